The zero-order valence-electron chi connectivity index (χ0n) is 12.2. The number of hydrogen-bond acceptors (Lipinski definition) is 4. The van der Waals surface area contributed by atoms with E-state index in [0.717, 1.165) is 0 Å². The summed E-state index contributed by atoms with van der Waals surface area (Å²) in [5.41, 5.74) is 0.822. The Kier molecular flexibility index (Phi) is 4.26. The number of benzene rings is 2. The fraction of sp³-hybridized carbons (Fsp3) is 0. The molecule has 0 spiro atoms. The van der Waals surface area contributed by atoms with E-state index in [1.54, 1.807) is 30.5 Å². The lowest BCUT2D eigenvalue weighted by atomic mass is 10.1. The second-order valence-corrected chi connectivity index (χ2v) is 5.33. The summed E-state index contributed by atoms with van der Waals surface area (Å²) in [7, 11) is 0. The van der Waals surface area contributed by atoms with E-state index in [2.05, 4.69) is 10.3 Å². The van der Waals surface area contributed by atoms with Gasteiger partial charge in [-0.2, -0.15) is 0 Å². The number of nitrogens with zero attached hydrogens (tertiary/aromatic N) is 3. The minimum atomic E-state index is -0.536. The van der Waals surface area contributed by atoms with Crippen LogP contribution in [0.1, 0.15) is 10.4 Å². The van der Waals surface area contributed by atoms with Gasteiger partial charge in [-0.15, -0.1) is 0 Å². The third kappa shape index (κ3) is 3.26. The smallest absolute Gasteiger partial charge is 0.294 e. The second-order valence-electron chi connectivity index (χ2n) is 4.90. The van der Waals surface area contributed by atoms with Gasteiger partial charge in [-0.25, -0.2) is 4.98 Å². The van der Waals surface area contributed by atoms with Crippen LogP contribution in [0.15, 0.2) is 61.2 Å². The van der Waals surface area contributed by atoms with Crippen LogP contribution in [-0.2, 0) is 0 Å². The highest BCUT2D eigenvalue weighted by atomic mass is 35.5. The van der Waals surface area contributed by atoms with E-state index >= 15 is 0 Å². The van der Waals surface area contributed by atoms with Crippen LogP contribution in [0.2, 0.25) is 5.02 Å². The average Bonchev–Trinajstić information content (AvgIpc) is 3.08. The van der Waals surface area contributed by atoms with E-state index in [4.69, 9.17) is 11.6 Å². The Balaban J connectivity index is 1.93. The molecular formula is C16H11ClN4O3. The van der Waals surface area contributed by atoms with Gasteiger partial charge in [0.15, 0.2) is 0 Å². The number of carbonyl (C=O) groups excluding carboxylic acids is 1. The highest BCUT2D eigenvalue weighted by Gasteiger charge is 2.18. The van der Waals surface area contributed by atoms with E-state index in [9.17, 15) is 14.9 Å². The maximum absolute atomic E-state index is 12.3. The van der Waals surface area contributed by atoms with Gasteiger partial charge in [-0.05, 0) is 30.3 Å². The summed E-state index contributed by atoms with van der Waals surface area (Å²) in [6.07, 6.45) is 4.56. The zero-order chi connectivity index (χ0) is 17.1. The van der Waals surface area contributed by atoms with Crippen molar-refractivity contribution in [3.8, 4) is 5.69 Å². The largest absolute Gasteiger partial charge is 0.322 e. The molecule has 1 aromatic heterocycles. The molecule has 0 aliphatic rings. The lowest BCUT2D eigenvalue weighted by Gasteiger charge is -2.08. The highest BCUT2D eigenvalue weighted by molar-refractivity contribution is 6.31. The molecule has 120 valence electrons. The fourth-order valence-corrected chi connectivity index (χ4v) is 2.39. The van der Waals surface area contributed by atoms with E-state index in [1.807, 2.05) is 0 Å². The van der Waals surface area contributed by atoms with Gasteiger partial charge in [0, 0.05) is 34.7 Å². The topological polar surface area (TPSA) is 90.1 Å². The number of carbonyl (C=O) groups is 1. The van der Waals surface area contributed by atoms with Crippen molar-refractivity contribution in [1.29, 1.82) is 0 Å². The van der Waals surface area contributed by atoms with Crippen molar-refractivity contribution in [2.45, 2.75) is 0 Å². The summed E-state index contributed by atoms with van der Waals surface area (Å²) < 4.78 is 1.51. The van der Waals surface area contributed by atoms with Crippen LogP contribution in [0.5, 0.6) is 0 Å². The molecule has 0 aliphatic carbocycles. The minimum absolute atomic E-state index is 0.172. The number of amides is 1. The molecule has 0 unspecified atom stereocenters. The van der Waals surface area contributed by atoms with Crippen LogP contribution in [0.4, 0.5) is 11.4 Å². The monoisotopic (exact) mass is 342 g/mol. The number of nitro benzene ring substituents is 1. The average molecular weight is 343 g/mol. The molecule has 0 atom stereocenters. The number of anilines is 1. The minimum Gasteiger partial charge on any atom is -0.322 e. The van der Waals surface area contributed by atoms with Crippen LogP contribution in [0.25, 0.3) is 5.69 Å². The lowest BCUT2D eigenvalue weighted by Crippen LogP contribution is -2.12. The fourth-order valence-electron chi connectivity index (χ4n) is 2.20. The number of imidazole rings is 1. The maximum atomic E-state index is 12.3. The van der Waals surface area contributed by atoms with Gasteiger partial charge in [0.05, 0.1) is 11.3 Å². The van der Waals surface area contributed by atoms with Crippen LogP contribution < -0.4 is 5.32 Å². The van der Waals surface area contributed by atoms with Gasteiger partial charge in [-0.1, -0.05) is 17.7 Å². The Morgan fingerprint density at radius 3 is 2.75 bits per heavy atom. The molecule has 8 heteroatoms. The van der Waals surface area contributed by atoms with Crippen LogP contribution >= 0.6 is 11.6 Å². The number of rotatable bonds is 4. The van der Waals surface area contributed by atoms with Gasteiger partial charge in [0.2, 0.25) is 0 Å². The first kappa shape index (κ1) is 15.7. The molecule has 0 radical (unpaired) electrons. The van der Waals surface area contributed by atoms with Crippen LogP contribution in [0, 0.1) is 10.1 Å². The first-order valence-corrected chi connectivity index (χ1v) is 7.26. The molecule has 1 N–H and O–H groups in total. The Bertz CT molecular complexity index is 909. The first-order valence-electron chi connectivity index (χ1n) is 6.88. The molecule has 0 bridgehead atoms. The molecular weight excluding hydrogens is 332 g/mol. The van der Waals surface area contributed by atoms with Crippen LogP contribution in [0.3, 0.4) is 0 Å². The summed E-state index contributed by atoms with van der Waals surface area (Å²) in [6, 6.07) is 10.9. The molecule has 1 heterocycles. The van der Waals surface area contributed by atoms with Gasteiger partial charge in [0.25, 0.3) is 11.6 Å². The number of halogens is 1. The molecule has 3 aromatic rings. The van der Waals surface area contributed by atoms with Crippen molar-refractivity contribution < 1.29 is 9.72 Å². The van der Waals surface area contributed by atoms with Gasteiger partial charge in [-0.3, -0.25) is 14.9 Å². The normalized spacial score (nSPS) is 10.4. The number of hydrogen-bond donors (Lipinski definition) is 1. The predicted octanol–water partition coefficient (Wildman–Crippen LogP) is 3.69. The van der Waals surface area contributed by atoms with Crippen molar-refractivity contribution >= 4 is 28.9 Å². The summed E-state index contributed by atoms with van der Waals surface area (Å²) in [4.78, 5) is 27.0. The predicted molar refractivity (Wildman–Crippen MR) is 89.6 cm³/mol. The lowest BCUT2D eigenvalue weighted by molar-refractivity contribution is -0.384. The van der Waals surface area contributed by atoms with Crippen molar-refractivity contribution in [3.05, 3.63) is 81.9 Å². The van der Waals surface area contributed by atoms with Crippen molar-refractivity contribution in [2.24, 2.45) is 0 Å². The highest BCUT2D eigenvalue weighted by Crippen LogP contribution is 2.25. The Morgan fingerprint density at radius 1 is 1.25 bits per heavy atom. The van der Waals surface area contributed by atoms with E-state index < -0.39 is 10.8 Å². The Labute approximate surface area is 141 Å². The van der Waals surface area contributed by atoms with Gasteiger partial charge in [0.1, 0.15) is 5.69 Å². The Hall–Kier alpha value is -3.19. The number of nitrogens with one attached hydrogen (secondary N) is 1. The molecule has 0 fully saturated rings. The van der Waals surface area contributed by atoms with Gasteiger partial charge >= 0.3 is 0 Å². The summed E-state index contributed by atoms with van der Waals surface area (Å²) in [5, 5.41) is 14.5. The number of aromatic nitrogens is 2. The third-order valence-corrected chi connectivity index (χ3v) is 3.53. The SMILES string of the molecule is O=C(Nc1cccc(Cl)c1)c1ccc(-n2ccnc2)c([N+](=O)[O-])c1. The molecule has 0 saturated heterocycles. The second kappa shape index (κ2) is 6.51. The molecule has 2 aromatic carbocycles. The summed E-state index contributed by atoms with van der Waals surface area (Å²) in [5.74, 6) is -0.461. The Morgan fingerprint density at radius 2 is 2.08 bits per heavy atom. The molecule has 24 heavy (non-hydrogen) atoms. The molecule has 3 rings (SSSR count). The molecule has 0 saturated carbocycles. The van der Waals surface area contributed by atoms with E-state index in [0.29, 0.717) is 16.4 Å². The van der Waals surface area contributed by atoms with Crippen molar-refractivity contribution in [3.63, 3.8) is 0 Å². The zero-order valence-corrected chi connectivity index (χ0v) is 13.0. The van der Waals surface area contributed by atoms with Gasteiger partial charge < -0.3 is 9.88 Å². The quantitative estimate of drug-likeness (QED) is 0.578. The third-order valence-electron chi connectivity index (χ3n) is 3.30. The standard InChI is InChI=1S/C16H11ClN4O3/c17-12-2-1-3-13(9-12)19-16(22)11-4-5-14(15(8-11)21(23)24)20-7-6-18-10-20/h1-10H,(H,19,22). The van der Waals surface area contributed by atoms with Crippen LogP contribution in [-0.4, -0.2) is 20.4 Å². The van der Waals surface area contributed by atoms with E-state index in [1.165, 1.54) is 35.3 Å². The number of nitro groups is 1. The molecule has 7 nitrogen and oxygen atoms in total. The molecule has 1 amide bonds. The van der Waals surface area contributed by atoms with Crippen molar-refractivity contribution in [1.82, 2.24) is 9.55 Å². The first-order chi connectivity index (χ1) is 11.5. The van der Waals surface area contributed by atoms with Crippen molar-refractivity contribution in [2.75, 3.05) is 5.32 Å². The maximum Gasteiger partial charge on any atom is 0.294 e. The van der Waals surface area contributed by atoms with E-state index in [-0.39, 0.29) is 11.3 Å². The molecule has 0 aliphatic heterocycles. The summed E-state index contributed by atoms with van der Waals surface area (Å²) in [6.45, 7) is 0. The summed E-state index contributed by atoms with van der Waals surface area (Å²) >= 11 is 5.87.